The Morgan fingerprint density at radius 1 is 0.973 bits per heavy atom. The Morgan fingerprint density at radius 2 is 1.78 bits per heavy atom. The first-order valence-electron chi connectivity index (χ1n) is 11.9. The third kappa shape index (κ3) is 6.32. The van der Waals surface area contributed by atoms with E-state index in [4.69, 9.17) is 9.47 Å². The molecule has 0 bridgehead atoms. The van der Waals surface area contributed by atoms with Crippen molar-refractivity contribution < 1.29 is 27.4 Å². The number of halogens is 3. The van der Waals surface area contributed by atoms with Crippen LogP contribution in [-0.4, -0.2) is 56.2 Å². The second-order valence-electron chi connectivity index (χ2n) is 8.67. The van der Waals surface area contributed by atoms with Crippen LogP contribution in [0.15, 0.2) is 60.8 Å². The molecule has 37 heavy (non-hydrogen) atoms. The number of hydrogen-bond acceptors (Lipinski definition) is 6. The van der Waals surface area contributed by atoms with Crippen molar-refractivity contribution >= 4 is 17.4 Å². The van der Waals surface area contributed by atoms with E-state index in [1.165, 1.54) is 18.3 Å². The van der Waals surface area contributed by atoms with Gasteiger partial charge in [-0.25, -0.2) is 4.98 Å². The standard InChI is InChI=1S/C27H29F3N4O3/c1-36-23-10-5-7-19(25(23)37-2)18-33-13-6-14-34(16-15-33)24-12-11-20(17-31-24)32-26(35)21-8-3-4-9-22(21)27(28,29)30/h3-5,7-12,17H,6,13-16,18H2,1-2H3,(H,32,35). The summed E-state index contributed by atoms with van der Waals surface area (Å²) >= 11 is 0. The number of anilines is 2. The van der Waals surface area contributed by atoms with Crippen molar-refractivity contribution in [2.45, 2.75) is 19.1 Å². The van der Waals surface area contributed by atoms with E-state index in [0.717, 1.165) is 68.4 Å². The zero-order valence-electron chi connectivity index (χ0n) is 20.7. The van der Waals surface area contributed by atoms with E-state index in [2.05, 4.69) is 20.1 Å². The van der Waals surface area contributed by atoms with Crippen molar-refractivity contribution in [1.82, 2.24) is 9.88 Å². The molecular weight excluding hydrogens is 485 g/mol. The molecule has 1 aliphatic rings. The summed E-state index contributed by atoms with van der Waals surface area (Å²) in [5.41, 5.74) is -0.0231. The number of rotatable bonds is 7. The van der Waals surface area contributed by atoms with E-state index < -0.39 is 23.2 Å². The molecule has 1 N–H and O–H groups in total. The van der Waals surface area contributed by atoms with Crippen LogP contribution in [0.3, 0.4) is 0 Å². The lowest BCUT2D eigenvalue weighted by Gasteiger charge is -2.23. The van der Waals surface area contributed by atoms with Gasteiger partial charge >= 0.3 is 6.18 Å². The van der Waals surface area contributed by atoms with Gasteiger partial charge in [0.15, 0.2) is 11.5 Å². The number of nitrogens with zero attached hydrogens (tertiary/aromatic N) is 3. The van der Waals surface area contributed by atoms with Crippen molar-refractivity contribution in [1.29, 1.82) is 0 Å². The van der Waals surface area contributed by atoms with Crippen molar-refractivity contribution in [2.75, 3.05) is 50.6 Å². The van der Waals surface area contributed by atoms with Crippen LogP contribution >= 0.6 is 0 Å². The normalized spacial score (nSPS) is 14.7. The molecule has 0 unspecified atom stereocenters. The van der Waals surface area contributed by atoms with E-state index in [1.54, 1.807) is 26.4 Å². The Bertz CT molecular complexity index is 1220. The van der Waals surface area contributed by atoms with E-state index in [-0.39, 0.29) is 0 Å². The Morgan fingerprint density at radius 3 is 2.49 bits per heavy atom. The van der Waals surface area contributed by atoms with Crippen LogP contribution in [0.25, 0.3) is 0 Å². The fourth-order valence-electron chi connectivity index (χ4n) is 4.45. The van der Waals surface area contributed by atoms with E-state index in [1.807, 2.05) is 18.2 Å². The predicted molar refractivity (Wildman–Crippen MR) is 135 cm³/mol. The molecule has 1 aliphatic heterocycles. The number of hydrogen-bond donors (Lipinski definition) is 1. The molecule has 7 nitrogen and oxygen atoms in total. The fraction of sp³-hybridized carbons (Fsp3) is 0.333. The number of carbonyl (C=O) groups excluding carboxylic acids is 1. The van der Waals surface area contributed by atoms with Crippen LogP contribution in [0.5, 0.6) is 11.5 Å². The first kappa shape index (κ1) is 26.3. The number of para-hydroxylation sites is 1. The van der Waals surface area contributed by atoms with Gasteiger partial charge in [0.2, 0.25) is 0 Å². The molecular formula is C27H29F3N4O3. The number of methoxy groups -OCH3 is 2. The average Bonchev–Trinajstić information content (AvgIpc) is 3.14. The predicted octanol–water partition coefficient (Wildman–Crippen LogP) is 5.08. The van der Waals surface area contributed by atoms with Gasteiger partial charge < -0.3 is 19.7 Å². The molecule has 1 amide bonds. The summed E-state index contributed by atoms with van der Waals surface area (Å²) in [6, 6.07) is 14.0. The summed E-state index contributed by atoms with van der Waals surface area (Å²) in [5, 5.41) is 2.52. The second-order valence-corrected chi connectivity index (χ2v) is 8.67. The van der Waals surface area contributed by atoms with Gasteiger partial charge in [-0.05, 0) is 36.8 Å². The third-order valence-electron chi connectivity index (χ3n) is 6.27. The number of alkyl halides is 3. The number of pyridine rings is 1. The van der Waals surface area contributed by atoms with Gasteiger partial charge in [0.25, 0.3) is 5.91 Å². The highest BCUT2D eigenvalue weighted by Gasteiger charge is 2.34. The first-order valence-corrected chi connectivity index (χ1v) is 11.9. The van der Waals surface area contributed by atoms with Crippen LogP contribution in [0, 0.1) is 0 Å². The lowest BCUT2D eigenvalue weighted by Crippen LogP contribution is -2.31. The van der Waals surface area contributed by atoms with Gasteiger partial charge in [-0.3, -0.25) is 9.69 Å². The lowest BCUT2D eigenvalue weighted by molar-refractivity contribution is -0.137. The minimum absolute atomic E-state index is 0.326. The van der Waals surface area contributed by atoms with E-state index in [9.17, 15) is 18.0 Å². The number of carbonyl (C=O) groups is 1. The Balaban J connectivity index is 1.38. The lowest BCUT2D eigenvalue weighted by atomic mass is 10.1. The first-order chi connectivity index (χ1) is 17.8. The van der Waals surface area contributed by atoms with Gasteiger partial charge in [-0.1, -0.05) is 24.3 Å². The second kappa shape index (κ2) is 11.5. The Kier molecular flexibility index (Phi) is 8.17. The quantitative estimate of drug-likeness (QED) is 0.474. The molecule has 10 heteroatoms. The zero-order valence-corrected chi connectivity index (χ0v) is 20.7. The van der Waals surface area contributed by atoms with Gasteiger partial charge in [-0.2, -0.15) is 13.2 Å². The smallest absolute Gasteiger partial charge is 0.417 e. The third-order valence-corrected chi connectivity index (χ3v) is 6.27. The van der Waals surface area contributed by atoms with Gasteiger partial charge in [-0.15, -0.1) is 0 Å². The highest BCUT2D eigenvalue weighted by Crippen LogP contribution is 2.33. The molecule has 4 rings (SSSR count). The molecule has 2 heterocycles. The number of aromatic nitrogens is 1. The van der Waals surface area contributed by atoms with Crippen LogP contribution < -0.4 is 19.7 Å². The summed E-state index contributed by atoms with van der Waals surface area (Å²) in [6.45, 7) is 4.01. The monoisotopic (exact) mass is 514 g/mol. The van der Waals surface area contributed by atoms with Gasteiger partial charge in [0, 0.05) is 38.3 Å². The van der Waals surface area contributed by atoms with Gasteiger partial charge in [0.1, 0.15) is 5.82 Å². The zero-order chi connectivity index (χ0) is 26.4. The molecule has 0 atom stereocenters. The molecule has 196 valence electrons. The summed E-state index contributed by atoms with van der Waals surface area (Å²) < 4.78 is 50.7. The summed E-state index contributed by atoms with van der Waals surface area (Å²) in [4.78, 5) is 21.5. The summed E-state index contributed by atoms with van der Waals surface area (Å²) in [5.74, 6) is 1.35. The molecule has 2 aromatic carbocycles. The number of amides is 1. The van der Waals surface area contributed by atoms with E-state index >= 15 is 0 Å². The maximum absolute atomic E-state index is 13.2. The number of ether oxygens (including phenoxy) is 2. The molecule has 0 spiro atoms. The van der Waals surface area contributed by atoms with Crippen molar-refractivity contribution in [2.24, 2.45) is 0 Å². The fourth-order valence-corrected chi connectivity index (χ4v) is 4.45. The molecule has 1 saturated heterocycles. The van der Waals surface area contributed by atoms with Crippen LogP contribution in [0.2, 0.25) is 0 Å². The molecule has 1 fully saturated rings. The molecule has 0 saturated carbocycles. The van der Waals surface area contributed by atoms with Crippen LogP contribution in [-0.2, 0) is 12.7 Å². The van der Waals surface area contributed by atoms with Gasteiger partial charge in [0.05, 0.1) is 37.2 Å². The van der Waals surface area contributed by atoms with Crippen molar-refractivity contribution in [3.63, 3.8) is 0 Å². The number of nitrogens with one attached hydrogen (secondary N) is 1. The molecule has 1 aromatic heterocycles. The topological polar surface area (TPSA) is 66.9 Å². The summed E-state index contributed by atoms with van der Waals surface area (Å²) in [6.07, 6.45) is -2.22. The maximum atomic E-state index is 13.2. The Labute approximate surface area is 213 Å². The van der Waals surface area contributed by atoms with Crippen LogP contribution in [0.1, 0.15) is 27.9 Å². The SMILES string of the molecule is COc1cccc(CN2CCCN(c3ccc(NC(=O)c4ccccc4C(F)(F)F)cn3)CC2)c1OC. The van der Waals surface area contributed by atoms with Crippen molar-refractivity contribution in [3.05, 3.63) is 77.5 Å². The maximum Gasteiger partial charge on any atom is 0.417 e. The minimum atomic E-state index is -4.62. The minimum Gasteiger partial charge on any atom is -0.493 e. The highest BCUT2D eigenvalue weighted by atomic mass is 19.4. The molecule has 0 radical (unpaired) electrons. The molecule has 0 aliphatic carbocycles. The average molecular weight is 515 g/mol. The Hall–Kier alpha value is -3.79. The van der Waals surface area contributed by atoms with E-state index in [0.29, 0.717) is 11.4 Å². The van der Waals surface area contributed by atoms with Crippen molar-refractivity contribution in [3.8, 4) is 11.5 Å². The molecule has 3 aromatic rings. The number of benzene rings is 2. The largest absolute Gasteiger partial charge is 0.493 e. The summed E-state index contributed by atoms with van der Waals surface area (Å²) in [7, 11) is 3.26. The highest BCUT2D eigenvalue weighted by molar-refractivity contribution is 6.05. The van der Waals surface area contributed by atoms with Crippen LogP contribution in [0.4, 0.5) is 24.7 Å².